The van der Waals surface area contributed by atoms with Crippen LogP contribution in [0.25, 0.3) is 0 Å². The van der Waals surface area contributed by atoms with Crippen LogP contribution in [0.4, 0.5) is 4.39 Å². The molecule has 0 aromatic heterocycles. The fourth-order valence-electron chi connectivity index (χ4n) is 1.75. The lowest BCUT2D eigenvalue weighted by atomic mass is 10.1. The van der Waals surface area contributed by atoms with Gasteiger partial charge in [-0.05, 0) is 65.7 Å². The van der Waals surface area contributed by atoms with E-state index in [4.69, 9.17) is 4.74 Å². The molecule has 100 valence electrons. The molecule has 0 aliphatic heterocycles. The highest BCUT2D eigenvalue weighted by Gasteiger charge is 2.12. The summed E-state index contributed by atoms with van der Waals surface area (Å²) in [7, 11) is 0. The molecule has 2 rings (SSSR count). The van der Waals surface area contributed by atoms with Gasteiger partial charge in [-0.15, -0.1) is 0 Å². The molecule has 2 nitrogen and oxygen atoms in total. The first kappa shape index (κ1) is 14.0. The van der Waals surface area contributed by atoms with E-state index in [2.05, 4.69) is 15.9 Å². The van der Waals surface area contributed by atoms with Crippen LogP contribution < -0.4 is 4.74 Å². The normalized spacial score (nSPS) is 12.3. The van der Waals surface area contributed by atoms with Crippen LogP contribution in [0.2, 0.25) is 0 Å². The Morgan fingerprint density at radius 2 is 1.84 bits per heavy atom. The summed E-state index contributed by atoms with van der Waals surface area (Å²) in [6.45, 7) is 3.56. The zero-order valence-electron chi connectivity index (χ0n) is 10.7. The molecule has 0 saturated heterocycles. The molecule has 0 spiro atoms. The zero-order chi connectivity index (χ0) is 14.0. The van der Waals surface area contributed by atoms with Crippen LogP contribution in [-0.4, -0.2) is 5.11 Å². The average Bonchev–Trinajstić information content (AvgIpc) is 2.34. The van der Waals surface area contributed by atoms with E-state index in [-0.39, 0.29) is 0 Å². The lowest BCUT2D eigenvalue weighted by Gasteiger charge is -2.14. The van der Waals surface area contributed by atoms with Crippen molar-refractivity contribution in [2.45, 2.75) is 20.0 Å². The van der Waals surface area contributed by atoms with E-state index in [0.717, 1.165) is 10.0 Å². The van der Waals surface area contributed by atoms with Crippen molar-refractivity contribution in [2.24, 2.45) is 0 Å². The Kier molecular flexibility index (Phi) is 4.22. The molecule has 0 unspecified atom stereocenters. The van der Waals surface area contributed by atoms with Gasteiger partial charge in [-0.25, -0.2) is 4.39 Å². The maximum Gasteiger partial charge on any atom is 0.141 e. The van der Waals surface area contributed by atoms with Gasteiger partial charge in [0.1, 0.15) is 17.3 Å². The fourth-order valence-corrected chi connectivity index (χ4v) is 2.32. The van der Waals surface area contributed by atoms with Crippen LogP contribution in [-0.2, 0) is 0 Å². The minimum Gasteiger partial charge on any atom is -0.456 e. The van der Waals surface area contributed by atoms with E-state index in [1.54, 1.807) is 6.92 Å². The van der Waals surface area contributed by atoms with E-state index >= 15 is 0 Å². The van der Waals surface area contributed by atoms with Crippen LogP contribution in [0.1, 0.15) is 24.2 Å². The molecule has 1 atom stereocenters. The maximum atomic E-state index is 13.2. The Morgan fingerprint density at radius 3 is 2.47 bits per heavy atom. The Morgan fingerprint density at radius 1 is 1.16 bits per heavy atom. The molecule has 0 saturated carbocycles. The van der Waals surface area contributed by atoms with E-state index in [1.807, 2.05) is 25.1 Å². The van der Waals surface area contributed by atoms with Gasteiger partial charge in [0.2, 0.25) is 0 Å². The highest BCUT2D eigenvalue weighted by Crippen LogP contribution is 2.34. The molecule has 0 bridgehead atoms. The van der Waals surface area contributed by atoms with Gasteiger partial charge in [0.15, 0.2) is 0 Å². The van der Waals surface area contributed by atoms with Gasteiger partial charge in [-0.1, -0.05) is 6.07 Å². The van der Waals surface area contributed by atoms with Crippen LogP contribution >= 0.6 is 15.9 Å². The second-order valence-corrected chi connectivity index (χ2v) is 5.25. The summed E-state index contributed by atoms with van der Waals surface area (Å²) in [6, 6.07) is 9.79. The Bertz CT molecular complexity index is 597. The lowest BCUT2D eigenvalue weighted by molar-refractivity contribution is 0.195. The van der Waals surface area contributed by atoms with Crippen LogP contribution in [0.3, 0.4) is 0 Å². The van der Waals surface area contributed by atoms with Gasteiger partial charge in [-0.2, -0.15) is 0 Å². The zero-order valence-corrected chi connectivity index (χ0v) is 12.2. The van der Waals surface area contributed by atoms with Gasteiger partial charge in [-0.3, -0.25) is 0 Å². The van der Waals surface area contributed by atoms with Gasteiger partial charge < -0.3 is 9.84 Å². The second-order valence-electron chi connectivity index (χ2n) is 4.39. The standard InChI is InChI=1S/C15H14BrFO2/c1-9-3-5-15(13(16)7-9)19-14-6-4-11(17)8-12(14)10(2)18/h3-8,10,18H,1-2H3/t10-/m0/s1. The van der Waals surface area contributed by atoms with E-state index in [1.165, 1.54) is 18.2 Å². The molecular weight excluding hydrogens is 311 g/mol. The summed E-state index contributed by atoms with van der Waals surface area (Å²) >= 11 is 3.42. The molecule has 2 aromatic rings. The summed E-state index contributed by atoms with van der Waals surface area (Å²) in [5.41, 5.74) is 1.53. The maximum absolute atomic E-state index is 13.2. The molecule has 19 heavy (non-hydrogen) atoms. The monoisotopic (exact) mass is 324 g/mol. The number of ether oxygens (including phenoxy) is 1. The van der Waals surface area contributed by atoms with Gasteiger partial charge in [0.25, 0.3) is 0 Å². The van der Waals surface area contributed by atoms with Crippen molar-refractivity contribution in [3.05, 3.63) is 57.8 Å². The number of rotatable bonds is 3. The van der Waals surface area contributed by atoms with Gasteiger partial charge >= 0.3 is 0 Å². The molecule has 0 aliphatic rings. The van der Waals surface area contributed by atoms with E-state index in [0.29, 0.717) is 17.1 Å². The number of hydrogen-bond acceptors (Lipinski definition) is 2. The molecule has 0 aliphatic carbocycles. The number of aliphatic hydroxyl groups excluding tert-OH is 1. The van der Waals surface area contributed by atoms with Gasteiger partial charge in [0.05, 0.1) is 10.6 Å². The molecule has 2 aromatic carbocycles. The summed E-state index contributed by atoms with van der Waals surface area (Å²) in [4.78, 5) is 0. The SMILES string of the molecule is Cc1ccc(Oc2ccc(F)cc2[C@H](C)O)c(Br)c1. The average molecular weight is 325 g/mol. The quantitative estimate of drug-likeness (QED) is 0.883. The first-order valence-corrected chi connectivity index (χ1v) is 6.68. The Labute approximate surface area is 120 Å². The summed E-state index contributed by atoms with van der Waals surface area (Å²) in [5.74, 6) is 0.672. The highest BCUT2D eigenvalue weighted by molar-refractivity contribution is 9.10. The summed E-state index contributed by atoms with van der Waals surface area (Å²) in [6.07, 6.45) is -0.796. The van der Waals surface area contributed by atoms with Crippen molar-refractivity contribution in [3.63, 3.8) is 0 Å². The van der Waals surface area contributed by atoms with Crippen LogP contribution in [0.15, 0.2) is 40.9 Å². The van der Waals surface area contributed by atoms with Crippen molar-refractivity contribution in [1.82, 2.24) is 0 Å². The Balaban J connectivity index is 2.38. The number of aryl methyl sites for hydroxylation is 1. The minimum absolute atomic E-state index is 0.397. The van der Waals surface area contributed by atoms with E-state index in [9.17, 15) is 9.50 Å². The summed E-state index contributed by atoms with van der Waals surface area (Å²) < 4.78 is 19.8. The molecule has 0 fully saturated rings. The lowest BCUT2D eigenvalue weighted by Crippen LogP contribution is -1.97. The third-order valence-corrected chi connectivity index (χ3v) is 3.35. The number of halogens is 2. The topological polar surface area (TPSA) is 29.5 Å². The van der Waals surface area contributed by atoms with E-state index < -0.39 is 11.9 Å². The van der Waals surface area contributed by atoms with Gasteiger partial charge in [0, 0.05) is 5.56 Å². The largest absolute Gasteiger partial charge is 0.456 e. The predicted molar refractivity (Wildman–Crippen MR) is 76.0 cm³/mol. The molecule has 4 heteroatoms. The van der Waals surface area contributed by atoms with Crippen molar-refractivity contribution >= 4 is 15.9 Å². The van der Waals surface area contributed by atoms with Crippen molar-refractivity contribution in [1.29, 1.82) is 0 Å². The molecule has 0 radical (unpaired) electrons. The first-order chi connectivity index (χ1) is 8.97. The minimum atomic E-state index is -0.796. The number of benzene rings is 2. The third kappa shape index (κ3) is 3.33. The second kappa shape index (κ2) is 5.72. The van der Waals surface area contributed by atoms with Crippen LogP contribution in [0, 0.1) is 12.7 Å². The summed E-state index contributed by atoms with van der Waals surface area (Å²) in [5, 5.41) is 9.66. The highest BCUT2D eigenvalue weighted by atomic mass is 79.9. The molecule has 0 heterocycles. The molecular formula is C15H14BrFO2. The predicted octanol–water partition coefficient (Wildman–Crippen LogP) is 4.74. The number of hydrogen-bond donors (Lipinski definition) is 1. The van der Waals surface area contributed by atoms with Crippen molar-refractivity contribution < 1.29 is 14.2 Å². The fraction of sp³-hybridized carbons (Fsp3) is 0.200. The van der Waals surface area contributed by atoms with Crippen molar-refractivity contribution in [2.75, 3.05) is 0 Å². The van der Waals surface area contributed by atoms with Crippen LogP contribution in [0.5, 0.6) is 11.5 Å². The Hall–Kier alpha value is -1.39. The smallest absolute Gasteiger partial charge is 0.141 e. The third-order valence-electron chi connectivity index (χ3n) is 2.73. The first-order valence-electron chi connectivity index (χ1n) is 5.89. The number of aliphatic hydroxyl groups is 1. The van der Waals surface area contributed by atoms with Crippen molar-refractivity contribution in [3.8, 4) is 11.5 Å². The molecule has 0 amide bonds. The molecule has 1 N–H and O–H groups in total.